The molecule has 4 nitrogen and oxygen atoms in total. The minimum absolute atomic E-state index is 0.409. The molecule has 0 aliphatic heterocycles. The summed E-state index contributed by atoms with van der Waals surface area (Å²) in [5.41, 5.74) is 2.18. The lowest BCUT2D eigenvalue weighted by Crippen LogP contribution is -2.32. The molecule has 0 bridgehead atoms. The lowest BCUT2D eigenvalue weighted by Gasteiger charge is -2.26. The molecule has 0 aliphatic rings. The second kappa shape index (κ2) is 6.42. The van der Waals surface area contributed by atoms with Crippen LogP contribution in [0.5, 0.6) is 0 Å². The van der Waals surface area contributed by atoms with Crippen molar-refractivity contribution in [2.45, 2.75) is 33.1 Å². The first-order valence-electron chi connectivity index (χ1n) is 7.47. The minimum Gasteiger partial charge on any atom is -0.278 e. The van der Waals surface area contributed by atoms with Crippen LogP contribution in [0.2, 0.25) is 0 Å². The topological polar surface area (TPSA) is 25.5 Å². The van der Waals surface area contributed by atoms with Crippen LogP contribution in [0.3, 0.4) is 0 Å². The van der Waals surface area contributed by atoms with Gasteiger partial charge in [-0.05, 0) is 43.8 Å². The summed E-state index contributed by atoms with van der Waals surface area (Å²) in [6, 6.07) is 16.8. The van der Waals surface area contributed by atoms with Gasteiger partial charge in [-0.2, -0.15) is 5.10 Å². The Hall–Kier alpha value is -1.98. The van der Waals surface area contributed by atoms with Crippen LogP contribution in [-0.2, 0) is 13.2 Å². The van der Waals surface area contributed by atoms with Gasteiger partial charge in [-0.1, -0.05) is 36.4 Å². The summed E-state index contributed by atoms with van der Waals surface area (Å²) in [7, 11) is 0. The smallest absolute Gasteiger partial charge is 0.203 e. The molecule has 3 aromatic rings. The SMILES string of the molecule is CC(C)N(Cc1ccccc1)Cn1nc2ccccn2c1=S. The Morgan fingerprint density at radius 2 is 1.82 bits per heavy atom. The van der Waals surface area contributed by atoms with Gasteiger partial charge in [0.15, 0.2) is 5.65 Å². The van der Waals surface area contributed by atoms with Crippen molar-refractivity contribution in [2.75, 3.05) is 0 Å². The fourth-order valence-corrected chi connectivity index (χ4v) is 2.70. The summed E-state index contributed by atoms with van der Waals surface area (Å²) in [5.74, 6) is 0. The van der Waals surface area contributed by atoms with Crippen LogP contribution in [0.1, 0.15) is 19.4 Å². The molecule has 114 valence electrons. The summed E-state index contributed by atoms with van der Waals surface area (Å²) < 4.78 is 4.57. The number of hydrogen-bond donors (Lipinski definition) is 0. The Balaban J connectivity index is 1.87. The monoisotopic (exact) mass is 312 g/mol. The first kappa shape index (κ1) is 14.9. The second-order valence-electron chi connectivity index (χ2n) is 5.68. The minimum atomic E-state index is 0.409. The van der Waals surface area contributed by atoms with E-state index in [0.29, 0.717) is 12.7 Å². The van der Waals surface area contributed by atoms with E-state index in [2.05, 4.69) is 48.1 Å². The maximum Gasteiger partial charge on any atom is 0.203 e. The summed E-state index contributed by atoms with van der Waals surface area (Å²) in [6.07, 6.45) is 1.96. The quantitative estimate of drug-likeness (QED) is 0.671. The molecule has 0 fully saturated rings. The van der Waals surface area contributed by atoms with Crippen LogP contribution in [0.4, 0.5) is 0 Å². The zero-order valence-corrected chi connectivity index (χ0v) is 13.7. The molecule has 1 aromatic carbocycles. The van der Waals surface area contributed by atoms with Crippen LogP contribution in [0.15, 0.2) is 54.7 Å². The average molecular weight is 312 g/mol. The van der Waals surface area contributed by atoms with Crippen molar-refractivity contribution in [1.29, 1.82) is 0 Å². The van der Waals surface area contributed by atoms with Gasteiger partial charge in [-0.25, -0.2) is 4.68 Å². The van der Waals surface area contributed by atoms with Crippen LogP contribution >= 0.6 is 12.2 Å². The molecular formula is C17H20N4S. The Morgan fingerprint density at radius 3 is 2.50 bits per heavy atom. The summed E-state index contributed by atoms with van der Waals surface area (Å²) in [5, 5.41) is 4.61. The number of nitrogens with zero attached hydrogens (tertiary/aromatic N) is 4. The van der Waals surface area contributed by atoms with Crippen molar-refractivity contribution in [3.8, 4) is 0 Å². The number of benzene rings is 1. The van der Waals surface area contributed by atoms with E-state index in [9.17, 15) is 0 Å². The van der Waals surface area contributed by atoms with E-state index in [4.69, 9.17) is 12.2 Å². The second-order valence-corrected chi connectivity index (χ2v) is 6.04. The number of fused-ring (bicyclic) bond motifs is 1. The van der Waals surface area contributed by atoms with E-state index >= 15 is 0 Å². The van der Waals surface area contributed by atoms with Crippen molar-refractivity contribution in [3.05, 3.63) is 65.1 Å². The Morgan fingerprint density at radius 1 is 1.09 bits per heavy atom. The van der Waals surface area contributed by atoms with E-state index in [1.165, 1.54) is 5.56 Å². The average Bonchev–Trinajstić information content (AvgIpc) is 2.84. The molecule has 0 N–H and O–H groups in total. The van der Waals surface area contributed by atoms with Gasteiger partial charge in [0.1, 0.15) is 0 Å². The van der Waals surface area contributed by atoms with Crippen molar-refractivity contribution in [2.24, 2.45) is 0 Å². The predicted molar refractivity (Wildman–Crippen MR) is 91.1 cm³/mol. The summed E-state index contributed by atoms with van der Waals surface area (Å²) in [4.78, 5) is 2.36. The largest absolute Gasteiger partial charge is 0.278 e. The Bertz CT molecular complexity index is 804. The van der Waals surface area contributed by atoms with E-state index in [1.54, 1.807) is 0 Å². The molecule has 0 aliphatic carbocycles. The molecule has 0 spiro atoms. The van der Waals surface area contributed by atoms with E-state index in [0.717, 1.165) is 17.0 Å². The number of pyridine rings is 1. The van der Waals surface area contributed by atoms with E-state index in [-0.39, 0.29) is 0 Å². The third-order valence-corrected chi connectivity index (χ3v) is 4.17. The first-order chi connectivity index (χ1) is 10.6. The van der Waals surface area contributed by atoms with Gasteiger partial charge in [-0.3, -0.25) is 9.30 Å². The van der Waals surface area contributed by atoms with E-state index < -0.39 is 0 Å². The molecule has 5 heteroatoms. The third-order valence-electron chi connectivity index (χ3n) is 3.76. The maximum absolute atomic E-state index is 5.53. The fourth-order valence-electron chi connectivity index (χ4n) is 2.45. The number of rotatable bonds is 5. The van der Waals surface area contributed by atoms with Gasteiger partial charge in [0.2, 0.25) is 4.77 Å². The predicted octanol–water partition coefficient (Wildman–Crippen LogP) is 3.73. The highest BCUT2D eigenvalue weighted by Crippen LogP contribution is 2.11. The molecule has 0 saturated heterocycles. The molecule has 0 saturated carbocycles. The molecule has 2 aromatic heterocycles. The zero-order chi connectivity index (χ0) is 15.5. The lowest BCUT2D eigenvalue weighted by molar-refractivity contribution is 0.153. The number of hydrogen-bond acceptors (Lipinski definition) is 3. The zero-order valence-electron chi connectivity index (χ0n) is 12.9. The first-order valence-corrected chi connectivity index (χ1v) is 7.88. The van der Waals surface area contributed by atoms with Gasteiger partial charge in [0.25, 0.3) is 0 Å². The highest BCUT2D eigenvalue weighted by Gasteiger charge is 2.13. The lowest BCUT2D eigenvalue weighted by atomic mass is 10.2. The van der Waals surface area contributed by atoms with Crippen LogP contribution in [0.25, 0.3) is 5.65 Å². The van der Waals surface area contributed by atoms with Crippen molar-refractivity contribution in [3.63, 3.8) is 0 Å². The third kappa shape index (κ3) is 3.10. The molecule has 0 atom stereocenters. The normalized spacial score (nSPS) is 11.6. The maximum atomic E-state index is 5.53. The van der Waals surface area contributed by atoms with Gasteiger partial charge < -0.3 is 0 Å². The fraction of sp³-hybridized carbons (Fsp3) is 0.294. The summed E-state index contributed by atoms with van der Waals surface area (Å²) >= 11 is 5.53. The standard InChI is InChI=1S/C17H20N4S/c1-14(2)19(12-15-8-4-3-5-9-15)13-21-17(22)20-11-7-6-10-16(20)18-21/h3-11,14H,12-13H2,1-2H3. The molecule has 0 amide bonds. The van der Waals surface area contributed by atoms with Crippen molar-refractivity contribution in [1.82, 2.24) is 19.1 Å². The molecule has 2 heterocycles. The Labute approximate surface area is 135 Å². The van der Waals surface area contributed by atoms with Crippen molar-refractivity contribution >= 4 is 17.9 Å². The molecule has 0 unspecified atom stereocenters. The van der Waals surface area contributed by atoms with Gasteiger partial charge >= 0.3 is 0 Å². The highest BCUT2D eigenvalue weighted by molar-refractivity contribution is 7.71. The molecular weight excluding hydrogens is 292 g/mol. The highest BCUT2D eigenvalue weighted by atomic mass is 32.1. The molecule has 3 rings (SSSR count). The summed E-state index contributed by atoms with van der Waals surface area (Å²) in [6.45, 7) is 5.96. The van der Waals surface area contributed by atoms with Gasteiger partial charge in [-0.15, -0.1) is 0 Å². The van der Waals surface area contributed by atoms with Crippen LogP contribution < -0.4 is 0 Å². The van der Waals surface area contributed by atoms with Crippen molar-refractivity contribution < 1.29 is 0 Å². The number of aromatic nitrogens is 3. The van der Waals surface area contributed by atoms with Crippen LogP contribution in [-0.4, -0.2) is 25.1 Å². The molecule has 22 heavy (non-hydrogen) atoms. The van der Waals surface area contributed by atoms with Gasteiger partial charge in [0, 0.05) is 18.8 Å². The van der Waals surface area contributed by atoms with Crippen LogP contribution in [0, 0.1) is 4.77 Å². The van der Waals surface area contributed by atoms with E-state index in [1.807, 2.05) is 39.5 Å². The molecule has 0 radical (unpaired) electrons. The van der Waals surface area contributed by atoms with Gasteiger partial charge in [0.05, 0.1) is 6.67 Å². The Kier molecular flexibility index (Phi) is 4.36.